The lowest BCUT2D eigenvalue weighted by Gasteiger charge is -2.22. The van der Waals surface area contributed by atoms with Crippen LogP contribution in [0.25, 0.3) is 10.2 Å². The molecule has 0 bridgehead atoms. The van der Waals surface area contributed by atoms with E-state index < -0.39 is 0 Å². The predicted molar refractivity (Wildman–Crippen MR) is 121 cm³/mol. The number of fused-ring (bicyclic) bond motifs is 1. The summed E-state index contributed by atoms with van der Waals surface area (Å²) in [4.78, 5) is 22.0. The number of amides is 1. The average Bonchev–Trinajstić information content (AvgIpc) is 3.19. The van der Waals surface area contributed by atoms with Gasteiger partial charge in [0.2, 0.25) is 0 Å². The molecule has 3 aromatic rings. The zero-order chi connectivity index (χ0) is 21.8. The van der Waals surface area contributed by atoms with Gasteiger partial charge in [0, 0.05) is 18.7 Å². The molecule has 3 rings (SSSR count). The molecule has 0 radical (unpaired) electrons. The number of carbonyl (C=O) groups excluding carboxylic acids is 1. The fourth-order valence-corrected chi connectivity index (χ4v) is 4.16. The van der Waals surface area contributed by atoms with Gasteiger partial charge in [0.15, 0.2) is 16.6 Å². The summed E-state index contributed by atoms with van der Waals surface area (Å²) in [6, 6.07) is 9.08. The highest BCUT2D eigenvalue weighted by Gasteiger charge is 2.24. The highest BCUT2D eigenvalue weighted by Crippen LogP contribution is 2.37. The van der Waals surface area contributed by atoms with E-state index in [-0.39, 0.29) is 5.91 Å². The number of aromatic nitrogens is 1. The first-order valence-corrected chi connectivity index (χ1v) is 10.3. The van der Waals surface area contributed by atoms with E-state index in [0.29, 0.717) is 41.0 Å². The molecule has 8 heteroatoms. The molecule has 0 atom stereocenters. The zero-order valence-electron chi connectivity index (χ0n) is 18.2. The minimum absolute atomic E-state index is 0.145. The normalized spacial score (nSPS) is 11.0. The van der Waals surface area contributed by atoms with Crippen molar-refractivity contribution < 1.29 is 19.0 Å². The Hall–Kier alpha value is -2.84. The van der Waals surface area contributed by atoms with Crippen molar-refractivity contribution in [2.24, 2.45) is 0 Å². The van der Waals surface area contributed by atoms with Crippen LogP contribution in [0.4, 0.5) is 5.13 Å². The summed E-state index contributed by atoms with van der Waals surface area (Å²) in [7, 11) is 8.70. The molecule has 0 unspecified atom stereocenters. The summed E-state index contributed by atoms with van der Waals surface area (Å²) in [5.41, 5.74) is 2.38. The van der Waals surface area contributed by atoms with Gasteiger partial charge in [-0.3, -0.25) is 9.69 Å². The summed E-state index contributed by atoms with van der Waals surface area (Å²) >= 11 is 1.49. The SMILES string of the molecule is COc1ccc(C(=O)N(CCN(C)C)c2nc3c(OC)ccc(C)c3s2)cc1OC. The summed E-state index contributed by atoms with van der Waals surface area (Å²) in [5.74, 6) is 1.64. The molecule has 2 aromatic carbocycles. The van der Waals surface area contributed by atoms with Crippen LogP contribution in [0.2, 0.25) is 0 Å². The monoisotopic (exact) mass is 429 g/mol. The third kappa shape index (κ3) is 4.34. The number of hydrogen-bond acceptors (Lipinski definition) is 7. The van der Waals surface area contributed by atoms with E-state index in [2.05, 4.69) is 0 Å². The highest BCUT2D eigenvalue weighted by atomic mass is 32.1. The molecule has 0 fully saturated rings. The lowest BCUT2D eigenvalue weighted by Crippen LogP contribution is -2.36. The molecular weight excluding hydrogens is 402 g/mol. The number of likely N-dealkylation sites (N-methyl/N-ethyl adjacent to an activating group) is 1. The van der Waals surface area contributed by atoms with Crippen molar-refractivity contribution in [3.05, 3.63) is 41.5 Å². The molecule has 0 aliphatic rings. The first-order valence-electron chi connectivity index (χ1n) is 9.52. The van der Waals surface area contributed by atoms with Crippen molar-refractivity contribution in [2.75, 3.05) is 53.4 Å². The van der Waals surface area contributed by atoms with Crippen molar-refractivity contribution in [1.82, 2.24) is 9.88 Å². The van der Waals surface area contributed by atoms with Gasteiger partial charge in [0.25, 0.3) is 5.91 Å². The van der Waals surface area contributed by atoms with Gasteiger partial charge in [-0.25, -0.2) is 4.98 Å². The van der Waals surface area contributed by atoms with E-state index >= 15 is 0 Å². The number of nitrogens with zero attached hydrogens (tertiary/aromatic N) is 3. The van der Waals surface area contributed by atoms with Crippen molar-refractivity contribution in [3.8, 4) is 17.2 Å². The minimum atomic E-state index is -0.145. The van der Waals surface area contributed by atoms with Crippen LogP contribution in [-0.2, 0) is 0 Å². The van der Waals surface area contributed by atoms with E-state index in [9.17, 15) is 4.79 Å². The van der Waals surface area contributed by atoms with E-state index in [1.807, 2.05) is 38.1 Å². The maximum atomic E-state index is 13.5. The Bertz CT molecular complexity index is 1050. The predicted octanol–water partition coefficient (Wildman–Crippen LogP) is 3.84. The molecule has 1 amide bonds. The molecule has 1 aromatic heterocycles. The number of benzene rings is 2. The molecule has 1 heterocycles. The summed E-state index contributed by atoms with van der Waals surface area (Å²) in [6.45, 7) is 3.23. The smallest absolute Gasteiger partial charge is 0.260 e. The number of rotatable bonds is 8. The van der Waals surface area contributed by atoms with Gasteiger partial charge in [-0.2, -0.15) is 0 Å². The maximum Gasteiger partial charge on any atom is 0.260 e. The second kappa shape index (κ2) is 9.32. The van der Waals surface area contributed by atoms with Crippen LogP contribution < -0.4 is 19.1 Å². The number of thiazole rings is 1. The molecule has 0 saturated heterocycles. The molecule has 0 aliphatic carbocycles. The Kier molecular flexibility index (Phi) is 6.79. The standard InChI is InChI=1S/C22H27N3O4S/c1-14-7-9-17(28-5)19-20(14)30-22(23-19)25(12-11-24(2)3)21(26)15-8-10-16(27-4)18(13-15)29-6/h7-10,13H,11-12H2,1-6H3. The van der Waals surface area contributed by atoms with E-state index in [1.165, 1.54) is 11.3 Å². The molecule has 0 saturated carbocycles. The Morgan fingerprint density at radius 3 is 2.27 bits per heavy atom. The van der Waals surface area contributed by atoms with Crippen LogP contribution in [0.15, 0.2) is 30.3 Å². The number of anilines is 1. The molecule has 0 spiro atoms. The van der Waals surface area contributed by atoms with Gasteiger partial charge in [0.1, 0.15) is 11.3 Å². The van der Waals surface area contributed by atoms with Gasteiger partial charge in [-0.1, -0.05) is 17.4 Å². The molecule has 0 aliphatic heterocycles. The highest BCUT2D eigenvalue weighted by molar-refractivity contribution is 7.22. The van der Waals surface area contributed by atoms with Crippen molar-refractivity contribution in [3.63, 3.8) is 0 Å². The fourth-order valence-electron chi connectivity index (χ4n) is 3.09. The lowest BCUT2D eigenvalue weighted by molar-refractivity contribution is 0.0985. The van der Waals surface area contributed by atoms with Gasteiger partial charge in [-0.05, 0) is 50.8 Å². The van der Waals surface area contributed by atoms with Crippen LogP contribution in [-0.4, -0.2) is 64.3 Å². The average molecular weight is 430 g/mol. The Morgan fingerprint density at radius 1 is 0.967 bits per heavy atom. The molecule has 160 valence electrons. The Balaban J connectivity index is 2.06. The topological polar surface area (TPSA) is 64.1 Å². The van der Waals surface area contributed by atoms with Crippen LogP contribution in [0.3, 0.4) is 0 Å². The summed E-state index contributed by atoms with van der Waals surface area (Å²) < 4.78 is 17.2. The van der Waals surface area contributed by atoms with Crippen molar-refractivity contribution in [2.45, 2.75) is 6.92 Å². The lowest BCUT2D eigenvalue weighted by atomic mass is 10.1. The minimum Gasteiger partial charge on any atom is -0.494 e. The number of hydrogen-bond donors (Lipinski definition) is 0. The van der Waals surface area contributed by atoms with E-state index in [4.69, 9.17) is 19.2 Å². The van der Waals surface area contributed by atoms with E-state index in [0.717, 1.165) is 15.8 Å². The second-order valence-corrected chi connectivity index (χ2v) is 8.07. The third-order valence-electron chi connectivity index (χ3n) is 4.79. The molecule has 7 nitrogen and oxygen atoms in total. The molecular formula is C22H27N3O4S. The van der Waals surface area contributed by atoms with Crippen molar-refractivity contribution in [1.29, 1.82) is 0 Å². The fraction of sp³-hybridized carbons (Fsp3) is 0.364. The van der Waals surface area contributed by atoms with Gasteiger partial charge in [-0.15, -0.1) is 0 Å². The van der Waals surface area contributed by atoms with Gasteiger partial charge in [0.05, 0.1) is 26.0 Å². The number of aryl methyl sites for hydroxylation is 1. The van der Waals surface area contributed by atoms with Gasteiger partial charge < -0.3 is 19.1 Å². The van der Waals surface area contributed by atoms with Crippen LogP contribution >= 0.6 is 11.3 Å². The Labute approximate surface area is 180 Å². The summed E-state index contributed by atoms with van der Waals surface area (Å²) in [6.07, 6.45) is 0. The Morgan fingerprint density at radius 2 is 1.63 bits per heavy atom. The van der Waals surface area contributed by atoms with Crippen LogP contribution in [0, 0.1) is 6.92 Å². The second-order valence-electron chi connectivity index (χ2n) is 7.09. The van der Waals surface area contributed by atoms with E-state index in [1.54, 1.807) is 44.4 Å². The molecule has 0 N–H and O–H groups in total. The number of carbonyl (C=O) groups is 1. The maximum absolute atomic E-state index is 13.5. The quantitative estimate of drug-likeness (QED) is 0.542. The largest absolute Gasteiger partial charge is 0.494 e. The van der Waals surface area contributed by atoms with Crippen LogP contribution in [0.5, 0.6) is 17.2 Å². The third-order valence-corrected chi connectivity index (χ3v) is 6.00. The zero-order valence-corrected chi connectivity index (χ0v) is 19.0. The van der Waals surface area contributed by atoms with Crippen LogP contribution in [0.1, 0.15) is 15.9 Å². The van der Waals surface area contributed by atoms with Crippen molar-refractivity contribution >= 4 is 32.6 Å². The first-order chi connectivity index (χ1) is 14.4. The molecule has 30 heavy (non-hydrogen) atoms. The number of ether oxygens (including phenoxy) is 3. The summed E-state index contributed by atoms with van der Waals surface area (Å²) in [5, 5.41) is 0.638. The first kappa shape index (κ1) is 21.9. The van der Waals surface area contributed by atoms with Gasteiger partial charge >= 0.3 is 0 Å². The number of methoxy groups -OCH3 is 3.